The summed E-state index contributed by atoms with van der Waals surface area (Å²) in [6.07, 6.45) is 4.02. The van der Waals surface area contributed by atoms with E-state index in [1.807, 2.05) is 29.4 Å². The van der Waals surface area contributed by atoms with Crippen LogP contribution >= 0.6 is 0 Å². The van der Waals surface area contributed by atoms with Crippen LogP contribution in [0.2, 0.25) is 0 Å². The molecule has 2 rings (SSSR count). The van der Waals surface area contributed by atoms with E-state index < -0.39 is 0 Å². The molecule has 0 aliphatic carbocycles. The molecule has 1 fully saturated rings. The Balaban J connectivity index is 0.00000200. The van der Waals surface area contributed by atoms with Crippen LogP contribution in [0.3, 0.4) is 0 Å². The average molecular weight is 347 g/mol. The molecule has 0 saturated carbocycles. The second-order valence-electron chi connectivity index (χ2n) is 4.62. The van der Waals surface area contributed by atoms with Gasteiger partial charge in [-0.15, -0.1) is 12.1 Å². The van der Waals surface area contributed by atoms with Gasteiger partial charge in [0.05, 0.1) is 0 Å². The number of nitrogens with one attached hydrogen (secondary N) is 1. The standard InChI is InChI=1S/C15H18N2O2.Y/c1-16-15(19)17-9-6-13(7-10-17)14-5-3-2-4-12(14)8-11-18;/h2-5H,6-10H2,1H3,(H,16,19);/q-2;. The maximum atomic E-state index is 11.5. The number of nitrogens with zero attached hydrogens (tertiary/aromatic N) is 1. The molecule has 2 amide bonds. The van der Waals surface area contributed by atoms with Gasteiger partial charge in [-0.2, -0.15) is 29.5 Å². The second kappa shape index (κ2) is 8.43. The Hall–Kier alpha value is -0.866. The summed E-state index contributed by atoms with van der Waals surface area (Å²) >= 11 is 0. The number of urea groups is 1. The molecular weight excluding hydrogens is 329 g/mol. The molecule has 1 aromatic carbocycles. The van der Waals surface area contributed by atoms with Crippen LogP contribution in [0.4, 0.5) is 4.79 Å². The Morgan fingerprint density at radius 2 is 2.00 bits per heavy atom. The second-order valence-corrected chi connectivity index (χ2v) is 4.62. The molecular formula is C15H18N2O2Y-2. The average Bonchev–Trinajstić information content (AvgIpc) is 2.47. The van der Waals surface area contributed by atoms with Crippen molar-refractivity contribution in [2.45, 2.75) is 19.3 Å². The van der Waals surface area contributed by atoms with Crippen molar-refractivity contribution < 1.29 is 42.3 Å². The van der Waals surface area contributed by atoms with Gasteiger partial charge in [-0.1, -0.05) is 18.9 Å². The fourth-order valence-corrected chi connectivity index (χ4v) is 2.50. The van der Waals surface area contributed by atoms with Crippen LogP contribution in [0.25, 0.3) is 0 Å². The van der Waals surface area contributed by atoms with Crippen molar-refractivity contribution in [3.8, 4) is 0 Å². The van der Waals surface area contributed by atoms with Crippen molar-refractivity contribution >= 4 is 12.3 Å². The first-order valence-electron chi connectivity index (χ1n) is 6.51. The van der Waals surface area contributed by atoms with Gasteiger partial charge in [0.15, 0.2) is 0 Å². The topological polar surface area (TPSA) is 49.4 Å². The van der Waals surface area contributed by atoms with E-state index in [-0.39, 0.29) is 38.7 Å². The summed E-state index contributed by atoms with van der Waals surface area (Å²) < 4.78 is 0. The van der Waals surface area contributed by atoms with Gasteiger partial charge in [0.1, 0.15) is 0 Å². The summed E-state index contributed by atoms with van der Waals surface area (Å²) in [6.45, 7) is 1.46. The Bertz CT molecular complexity index is 457. The summed E-state index contributed by atoms with van der Waals surface area (Å²) in [5.41, 5.74) is 2.18. The van der Waals surface area contributed by atoms with Gasteiger partial charge < -0.3 is 15.0 Å². The number of hydrogen-bond acceptors (Lipinski definition) is 2. The molecule has 1 aliphatic heterocycles. The summed E-state index contributed by atoms with van der Waals surface area (Å²) in [7, 11) is 1.65. The molecule has 0 atom stereocenters. The predicted octanol–water partition coefficient (Wildman–Crippen LogP) is 1.69. The number of likely N-dealkylation sites (tertiary alicyclic amines) is 1. The van der Waals surface area contributed by atoms with Crippen LogP contribution in [0.1, 0.15) is 24.0 Å². The molecule has 4 nitrogen and oxygen atoms in total. The van der Waals surface area contributed by atoms with Crippen molar-refractivity contribution in [2.24, 2.45) is 0 Å². The number of benzene rings is 1. The number of carbonyl (C=O) groups excluding carboxylic acids is 2. The van der Waals surface area contributed by atoms with E-state index in [0.717, 1.165) is 37.1 Å². The SMILES string of the molecule is CNC(=O)N1CC[C-](c2ccccc2C[C-]=O)CC1.[Y]. The monoisotopic (exact) mass is 347 g/mol. The summed E-state index contributed by atoms with van der Waals surface area (Å²) in [5, 5.41) is 2.65. The van der Waals surface area contributed by atoms with Crippen LogP contribution in [-0.4, -0.2) is 37.4 Å². The quantitative estimate of drug-likeness (QED) is 0.846. The molecule has 1 N–H and O–H groups in total. The van der Waals surface area contributed by atoms with Crippen LogP contribution in [-0.2, 0) is 43.9 Å². The summed E-state index contributed by atoms with van der Waals surface area (Å²) in [5.74, 6) is 1.33. The first kappa shape index (κ1) is 17.2. The van der Waals surface area contributed by atoms with Gasteiger partial charge in [-0.25, -0.2) is 4.79 Å². The zero-order valence-corrected chi connectivity index (χ0v) is 14.5. The van der Waals surface area contributed by atoms with E-state index in [1.165, 1.54) is 5.92 Å². The molecule has 1 aliphatic rings. The minimum Gasteiger partial charge on any atom is -0.542 e. The zero-order chi connectivity index (χ0) is 13.7. The van der Waals surface area contributed by atoms with Crippen molar-refractivity contribution in [3.05, 3.63) is 41.3 Å². The normalized spacial score (nSPS) is 14.4. The van der Waals surface area contributed by atoms with E-state index in [0.29, 0.717) is 6.42 Å². The smallest absolute Gasteiger partial charge is 0.317 e. The van der Waals surface area contributed by atoms with Gasteiger partial charge in [-0.3, -0.25) is 6.29 Å². The van der Waals surface area contributed by atoms with Gasteiger partial charge in [0.2, 0.25) is 0 Å². The Morgan fingerprint density at radius 1 is 1.35 bits per heavy atom. The third-order valence-corrected chi connectivity index (χ3v) is 3.53. The molecule has 0 unspecified atom stereocenters. The van der Waals surface area contributed by atoms with Crippen molar-refractivity contribution in [1.29, 1.82) is 0 Å². The van der Waals surface area contributed by atoms with Crippen LogP contribution < -0.4 is 5.32 Å². The number of hydrogen-bond donors (Lipinski definition) is 1. The molecule has 1 aromatic rings. The molecule has 20 heavy (non-hydrogen) atoms. The van der Waals surface area contributed by atoms with E-state index in [4.69, 9.17) is 0 Å². The van der Waals surface area contributed by atoms with Crippen LogP contribution in [0.5, 0.6) is 0 Å². The fourth-order valence-electron chi connectivity index (χ4n) is 2.50. The van der Waals surface area contributed by atoms with Crippen molar-refractivity contribution in [2.75, 3.05) is 20.1 Å². The molecule has 0 spiro atoms. The molecule has 1 heterocycles. The molecule has 0 bridgehead atoms. The number of rotatable bonds is 3. The largest absolute Gasteiger partial charge is 0.542 e. The summed E-state index contributed by atoms with van der Waals surface area (Å²) in [4.78, 5) is 23.9. The number of piperidine rings is 1. The third-order valence-electron chi connectivity index (χ3n) is 3.53. The number of amides is 2. The Morgan fingerprint density at radius 3 is 2.60 bits per heavy atom. The van der Waals surface area contributed by atoms with Crippen molar-refractivity contribution in [1.82, 2.24) is 10.2 Å². The van der Waals surface area contributed by atoms with E-state index in [1.54, 1.807) is 7.05 Å². The van der Waals surface area contributed by atoms with Crippen LogP contribution in [0.15, 0.2) is 24.3 Å². The Labute approximate surface area is 145 Å². The third kappa shape index (κ3) is 4.06. The van der Waals surface area contributed by atoms with Gasteiger partial charge in [0, 0.05) is 52.8 Å². The summed E-state index contributed by atoms with van der Waals surface area (Å²) in [6, 6.07) is 7.93. The van der Waals surface area contributed by atoms with Crippen molar-refractivity contribution in [3.63, 3.8) is 0 Å². The maximum absolute atomic E-state index is 11.5. The molecule has 105 valence electrons. The molecule has 0 aromatic heterocycles. The zero-order valence-electron chi connectivity index (χ0n) is 11.7. The van der Waals surface area contributed by atoms with E-state index in [9.17, 15) is 9.59 Å². The first-order valence-corrected chi connectivity index (χ1v) is 6.51. The minimum absolute atomic E-state index is 0. The van der Waals surface area contributed by atoms with Gasteiger partial charge in [0.25, 0.3) is 0 Å². The predicted molar refractivity (Wildman–Crippen MR) is 73.4 cm³/mol. The fraction of sp³-hybridized carbons (Fsp3) is 0.400. The van der Waals surface area contributed by atoms with Gasteiger partial charge >= 0.3 is 6.03 Å². The molecule has 1 saturated heterocycles. The maximum Gasteiger partial charge on any atom is 0.317 e. The van der Waals surface area contributed by atoms with E-state index >= 15 is 0 Å². The Kier molecular flexibility index (Phi) is 7.24. The first-order chi connectivity index (χ1) is 9.26. The molecule has 1 radical (unpaired) electrons. The van der Waals surface area contributed by atoms with E-state index in [2.05, 4.69) is 11.4 Å². The molecule has 5 heteroatoms. The van der Waals surface area contributed by atoms with Crippen LogP contribution in [0, 0.1) is 5.92 Å². The minimum atomic E-state index is -0.0199. The number of carbonyl (C=O) groups is 1. The van der Waals surface area contributed by atoms with Gasteiger partial charge in [-0.05, 0) is 0 Å².